The van der Waals surface area contributed by atoms with Crippen LogP contribution in [0.5, 0.6) is 0 Å². The number of aliphatic imine (C=N–C) groups is 1. The molecule has 8 heteroatoms. The topological polar surface area (TPSA) is 70.4 Å². The van der Waals surface area contributed by atoms with Crippen LogP contribution < -0.4 is 10.6 Å². The number of hydrogen-bond acceptors (Lipinski definition) is 4. The van der Waals surface area contributed by atoms with E-state index in [-0.39, 0.29) is 24.0 Å². The third kappa shape index (κ3) is 5.81. The highest BCUT2D eigenvalue weighted by atomic mass is 127. The molecule has 0 bridgehead atoms. The van der Waals surface area contributed by atoms with E-state index in [1.165, 1.54) is 64.5 Å². The van der Waals surface area contributed by atoms with E-state index in [1.54, 1.807) is 0 Å². The largest absolute Gasteiger partial charge is 0.357 e. The predicted molar refractivity (Wildman–Crippen MR) is 125 cm³/mol. The molecule has 2 N–H and O–H groups in total. The summed E-state index contributed by atoms with van der Waals surface area (Å²) >= 11 is 0. The maximum Gasteiger partial charge on any atom is 0.191 e. The Labute approximate surface area is 187 Å². The van der Waals surface area contributed by atoms with Crippen molar-refractivity contribution in [2.45, 2.75) is 77.3 Å². The third-order valence-electron chi connectivity index (χ3n) is 6.30. The first-order valence-electron chi connectivity index (χ1n) is 10.8. The van der Waals surface area contributed by atoms with Gasteiger partial charge in [-0.1, -0.05) is 25.7 Å². The number of aromatic nitrogens is 3. The van der Waals surface area contributed by atoms with Gasteiger partial charge in [0.05, 0.1) is 0 Å². The van der Waals surface area contributed by atoms with E-state index < -0.39 is 0 Å². The molecular formula is C20H38IN7. The summed E-state index contributed by atoms with van der Waals surface area (Å²) in [4.78, 5) is 7.55. The van der Waals surface area contributed by atoms with Gasteiger partial charge in [0, 0.05) is 25.7 Å². The van der Waals surface area contributed by atoms with Gasteiger partial charge in [0.15, 0.2) is 11.8 Å². The summed E-state index contributed by atoms with van der Waals surface area (Å²) in [7, 11) is 1.99. The van der Waals surface area contributed by atoms with E-state index >= 15 is 0 Å². The standard InChI is InChI=1S/C20H37N7.HI/c1-4-21-19(22-15-18-25-24-17(2)26(18)3)23-16-20(11-7-5-8-12-20)27-13-9-6-10-14-27;/h4-16H2,1-3H3,(H2,21,22,23);1H. The Hall–Kier alpha value is -0.900. The fourth-order valence-electron chi connectivity index (χ4n) is 4.51. The molecule has 0 atom stereocenters. The number of nitrogens with zero attached hydrogens (tertiary/aromatic N) is 5. The summed E-state index contributed by atoms with van der Waals surface area (Å²) in [6.07, 6.45) is 10.8. The zero-order valence-corrected chi connectivity index (χ0v) is 20.2. The van der Waals surface area contributed by atoms with Crippen molar-refractivity contribution in [2.24, 2.45) is 12.0 Å². The van der Waals surface area contributed by atoms with E-state index in [0.717, 1.165) is 30.7 Å². The number of halogens is 1. The van der Waals surface area contributed by atoms with Crippen molar-refractivity contribution < 1.29 is 0 Å². The lowest BCUT2D eigenvalue weighted by Gasteiger charge is -2.48. The molecule has 0 radical (unpaired) electrons. The first-order chi connectivity index (χ1) is 13.1. The van der Waals surface area contributed by atoms with Gasteiger partial charge in [-0.25, -0.2) is 4.99 Å². The highest BCUT2D eigenvalue weighted by molar-refractivity contribution is 14.0. The molecule has 0 amide bonds. The predicted octanol–water partition coefficient (Wildman–Crippen LogP) is 2.99. The maximum absolute atomic E-state index is 4.77. The molecule has 1 saturated heterocycles. The molecule has 0 aromatic carbocycles. The SMILES string of the molecule is CCNC(=NCc1nnc(C)n1C)NCC1(N2CCCCC2)CCCCC1.I. The Balaban J connectivity index is 0.00000280. The van der Waals surface area contributed by atoms with Gasteiger partial charge in [-0.05, 0) is 52.6 Å². The Morgan fingerprint density at radius 1 is 1.04 bits per heavy atom. The molecule has 1 aromatic heterocycles. The Bertz CT molecular complexity index is 616. The molecule has 7 nitrogen and oxygen atoms in total. The second kappa shape index (κ2) is 11.3. The zero-order chi connectivity index (χ0) is 19.1. The summed E-state index contributed by atoms with van der Waals surface area (Å²) in [6.45, 7) is 8.99. The van der Waals surface area contributed by atoms with Crippen LogP contribution in [0.2, 0.25) is 0 Å². The zero-order valence-electron chi connectivity index (χ0n) is 17.8. The van der Waals surface area contributed by atoms with Gasteiger partial charge in [-0.15, -0.1) is 34.2 Å². The molecule has 160 valence electrons. The molecule has 1 aromatic rings. The molecule has 2 heterocycles. The quantitative estimate of drug-likeness (QED) is 0.355. The molecule has 2 fully saturated rings. The van der Waals surface area contributed by atoms with Crippen molar-refractivity contribution in [3.63, 3.8) is 0 Å². The molecule has 0 unspecified atom stereocenters. The van der Waals surface area contributed by atoms with Crippen LogP contribution in [0.15, 0.2) is 4.99 Å². The van der Waals surface area contributed by atoms with E-state index in [4.69, 9.17) is 4.99 Å². The minimum Gasteiger partial charge on any atom is -0.357 e. The van der Waals surface area contributed by atoms with E-state index in [1.807, 2.05) is 18.5 Å². The monoisotopic (exact) mass is 503 g/mol. The minimum absolute atomic E-state index is 0. The fourth-order valence-corrected chi connectivity index (χ4v) is 4.51. The van der Waals surface area contributed by atoms with Crippen molar-refractivity contribution in [2.75, 3.05) is 26.2 Å². The van der Waals surface area contributed by atoms with Crippen LogP contribution in [-0.4, -0.2) is 57.3 Å². The molecule has 2 aliphatic rings. The summed E-state index contributed by atoms with van der Waals surface area (Å²) in [5, 5.41) is 15.4. The lowest BCUT2D eigenvalue weighted by atomic mass is 9.79. The summed E-state index contributed by atoms with van der Waals surface area (Å²) in [5.41, 5.74) is 0.302. The van der Waals surface area contributed by atoms with Crippen LogP contribution in [0.3, 0.4) is 0 Å². The second-order valence-electron chi connectivity index (χ2n) is 8.10. The molecule has 1 aliphatic carbocycles. The highest BCUT2D eigenvalue weighted by Gasteiger charge is 2.38. The maximum atomic E-state index is 4.77. The highest BCUT2D eigenvalue weighted by Crippen LogP contribution is 2.35. The van der Waals surface area contributed by atoms with Crippen LogP contribution in [0, 0.1) is 6.92 Å². The smallest absolute Gasteiger partial charge is 0.191 e. The summed E-state index contributed by atoms with van der Waals surface area (Å²) in [5.74, 6) is 2.71. The number of aryl methyl sites for hydroxylation is 1. The molecule has 0 spiro atoms. The van der Waals surface area contributed by atoms with Gasteiger partial charge >= 0.3 is 0 Å². The first kappa shape index (κ1) is 23.4. The van der Waals surface area contributed by atoms with Crippen molar-refractivity contribution in [3.8, 4) is 0 Å². The fraction of sp³-hybridized carbons (Fsp3) is 0.850. The summed E-state index contributed by atoms with van der Waals surface area (Å²) < 4.78 is 2.00. The number of nitrogens with one attached hydrogen (secondary N) is 2. The van der Waals surface area contributed by atoms with Crippen LogP contribution in [-0.2, 0) is 13.6 Å². The van der Waals surface area contributed by atoms with Gasteiger partial charge in [-0.2, -0.15) is 0 Å². The summed E-state index contributed by atoms with van der Waals surface area (Å²) in [6, 6.07) is 0. The Morgan fingerprint density at radius 3 is 2.32 bits per heavy atom. The number of rotatable bonds is 6. The number of hydrogen-bond donors (Lipinski definition) is 2. The molecular weight excluding hydrogens is 465 g/mol. The van der Waals surface area contributed by atoms with E-state index in [9.17, 15) is 0 Å². The average Bonchev–Trinajstić information content (AvgIpc) is 3.03. The lowest BCUT2D eigenvalue weighted by molar-refractivity contribution is 0.0368. The van der Waals surface area contributed by atoms with E-state index in [2.05, 4.69) is 32.7 Å². The van der Waals surface area contributed by atoms with Gasteiger partial charge in [-0.3, -0.25) is 4.90 Å². The van der Waals surface area contributed by atoms with Gasteiger partial charge < -0.3 is 15.2 Å². The number of guanidine groups is 1. The van der Waals surface area contributed by atoms with Gasteiger partial charge in [0.2, 0.25) is 0 Å². The normalized spacial score (nSPS) is 20.5. The van der Waals surface area contributed by atoms with Crippen LogP contribution in [0.4, 0.5) is 0 Å². The lowest BCUT2D eigenvalue weighted by Crippen LogP contribution is -2.59. The van der Waals surface area contributed by atoms with Crippen molar-refractivity contribution in [1.82, 2.24) is 30.3 Å². The molecule has 1 saturated carbocycles. The molecule has 28 heavy (non-hydrogen) atoms. The van der Waals surface area contributed by atoms with Crippen LogP contribution in [0.1, 0.15) is 69.9 Å². The van der Waals surface area contributed by atoms with E-state index in [0.29, 0.717) is 12.1 Å². The van der Waals surface area contributed by atoms with Crippen LogP contribution >= 0.6 is 24.0 Å². The number of piperidine rings is 1. The average molecular weight is 503 g/mol. The van der Waals surface area contributed by atoms with Crippen LogP contribution in [0.25, 0.3) is 0 Å². The minimum atomic E-state index is 0. The van der Waals surface area contributed by atoms with Crippen molar-refractivity contribution in [1.29, 1.82) is 0 Å². The second-order valence-corrected chi connectivity index (χ2v) is 8.10. The molecule has 3 rings (SSSR count). The first-order valence-corrected chi connectivity index (χ1v) is 10.8. The Kier molecular flexibility index (Phi) is 9.46. The van der Waals surface area contributed by atoms with Crippen molar-refractivity contribution >= 4 is 29.9 Å². The van der Waals surface area contributed by atoms with Gasteiger partial charge in [0.1, 0.15) is 12.4 Å². The number of likely N-dealkylation sites (tertiary alicyclic amines) is 1. The molecule has 1 aliphatic heterocycles. The Morgan fingerprint density at radius 2 is 1.71 bits per heavy atom. The van der Waals surface area contributed by atoms with Gasteiger partial charge in [0.25, 0.3) is 0 Å². The van der Waals surface area contributed by atoms with Crippen molar-refractivity contribution in [3.05, 3.63) is 11.6 Å². The third-order valence-corrected chi connectivity index (χ3v) is 6.30.